The molecule has 2 heterocycles. The maximum atomic E-state index is 13.9. The number of carbonyl (C=O) groups is 3. The second-order valence-electron chi connectivity index (χ2n) is 8.58. The molecule has 174 valence electrons. The maximum Gasteiger partial charge on any atom is 0.309 e. The number of benzene rings is 2. The molecule has 0 N–H and O–H groups in total. The van der Waals surface area contributed by atoms with Gasteiger partial charge in [-0.15, -0.1) is 0 Å². The molecule has 33 heavy (non-hydrogen) atoms. The number of esters is 1. The zero-order chi connectivity index (χ0) is 23.5. The third-order valence-electron chi connectivity index (χ3n) is 6.41. The number of nitrogens with zero attached hydrogens (tertiary/aromatic N) is 2. The third kappa shape index (κ3) is 4.89. The van der Waals surface area contributed by atoms with Crippen molar-refractivity contribution in [2.75, 3.05) is 24.6 Å². The molecule has 2 aromatic rings. The largest absolute Gasteiger partial charge is 0.455 e. The average molecular weight is 456 g/mol. The molecule has 0 aromatic heterocycles. The Morgan fingerprint density at radius 3 is 2.48 bits per heavy atom. The van der Waals surface area contributed by atoms with E-state index in [1.807, 2.05) is 31.2 Å². The van der Waals surface area contributed by atoms with Crippen LogP contribution in [0.25, 0.3) is 0 Å². The molecule has 0 saturated carbocycles. The van der Waals surface area contributed by atoms with E-state index >= 15 is 0 Å². The summed E-state index contributed by atoms with van der Waals surface area (Å²) in [6.07, 6.45) is 2.45. The SMILES string of the molecule is CC1CCc2ccccc2N1C(=O)COC(=O)C1CCN(C(=O)c2ccc(F)cc2F)CC1. The molecule has 4 rings (SSSR count). The predicted molar refractivity (Wildman–Crippen MR) is 118 cm³/mol. The van der Waals surface area contributed by atoms with Gasteiger partial charge in [0, 0.05) is 30.9 Å². The number of fused-ring (bicyclic) bond motifs is 1. The molecular formula is C25H26F2N2O4. The highest BCUT2D eigenvalue weighted by atomic mass is 19.1. The Kier molecular flexibility index (Phi) is 6.72. The summed E-state index contributed by atoms with van der Waals surface area (Å²) in [7, 11) is 0. The van der Waals surface area contributed by atoms with Gasteiger partial charge in [0.1, 0.15) is 11.6 Å². The minimum absolute atomic E-state index is 0.0206. The van der Waals surface area contributed by atoms with Crippen LogP contribution in [0.4, 0.5) is 14.5 Å². The second-order valence-corrected chi connectivity index (χ2v) is 8.58. The predicted octanol–water partition coefficient (Wildman–Crippen LogP) is 3.73. The fourth-order valence-electron chi connectivity index (χ4n) is 4.54. The van der Waals surface area contributed by atoms with Crippen LogP contribution in [0.2, 0.25) is 0 Å². The third-order valence-corrected chi connectivity index (χ3v) is 6.41. The molecule has 2 aromatic carbocycles. The first-order valence-corrected chi connectivity index (χ1v) is 11.2. The smallest absolute Gasteiger partial charge is 0.309 e. The van der Waals surface area contributed by atoms with Gasteiger partial charge in [-0.05, 0) is 56.4 Å². The quantitative estimate of drug-likeness (QED) is 0.658. The summed E-state index contributed by atoms with van der Waals surface area (Å²) in [5, 5.41) is 0. The van der Waals surface area contributed by atoms with E-state index < -0.39 is 29.4 Å². The molecule has 0 radical (unpaired) electrons. The second kappa shape index (κ2) is 9.68. The highest BCUT2D eigenvalue weighted by molar-refractivity contribution is 5.97. The highest BCUT2D eigenvalue weighted by Crippen LogP contribution is 2.30. The van der Waals surface area contributed by atoms with Gasteiger partial charge < -0.3 is 14.5 Å². The Balaban J connectivity index is 1.30. The van der Waals surface area contributed by atoms with Crippen LogP contribution in [-0.2, 0) is 20.7 Å². The molecule has 0 spiro atoms. The zero-order valence-corrected chi connectivity index (χ0v) is 18.4. The number of aryl methyl sites for hydroxylation is 1. The first kappa shape index (κ1) is 22.9. The fraction of sp³-hybridized carbons (Fsp3) is 0.400. The molecule has 6 nitrogen and oxygen atoms in total. The summed E-state index contributed by atoms with van der Waals surface area (Å²) in [4.78, 5) is 41.1. The summed E-state index contributed by atoms with van der Waals surface area (Å²) >= 11 is 0. The van der Waals surface area contributed by atoms with Crippen LogP contribution in [0.3, 0.4) is 0 Å². The average Bonchev–Trinajstić information content (AvgIpc) is 2.82. The summed E-state index contributed by atoms with van der Waals surface area (Å²) in [5.74, 6) is -3.36. The molecule has 1 saturated heterocycles. The van der Waals surface area contributed by atoms with Gasteiger partial charge in [0.15, 0.2) is 6.61 Å². The van der Waals surface area contributed by atoms with Crippen LogP contribution in [0.5, 0.6) is 0 Å². The van der Waals surface area contributed by atoms with Gasteiger partial charge in [-0.25, -0.2) is 8.78 Å². The summed E-state index contributed by atoms with van der Waals surface area (Å²) in [5.41, 5.74) is 1.76. The van der Waals surface area contributed by atoms with Crippen LogP contribution in [0, 0.1) is 17.6 Å². The molecule has 0 bridgehead atoms. The lowest BCUT2D eigenvalue weighted by atomic mass is 9.96. The Morgan fingerprint density at radius 1 is 1.03 bits per heavy atom. The van der Waals surface area contributed by atoms with Crippen molar-refractivity contribution in [2.45, 2.75) is 38.6 Å². The maximum absolute atomic E-state index is 13.9. The van der Waals surface area contributed by atoms with Gasteiger partial charge in [-0.3, -0.25) is 14.4 Å². The van der Waals surface area contributed by atoms with Crippen LogP contribution < -0.4 is 4.90 Å². The van der Waals surface area contributed by atoms with Gasteiger partial charge in [0.05, 0.1) is 11.5 Å². The van der Waals surface area contributed by atoms with Crippen molar-refractivity contribution in [3.8, 4) is 0 Å². The van der Waals surface area contributed by atoms with Crippen molar-refractivity contribution < 1.29 is 27.9 Å². The molecule has 2 aliphatic rings. The number of para-hydroxylation sites is 1. The van der Waals surface area contributed by atoms with Gasteiger partial charge in [-0.2, -0.15) is 0 Å². The number of likely N-dealkylation sites (tertiary alicyclic amines) is 1. The first-order chi connectivity index (χ1) is 15.8. The molecule has 2 amide bonds. The number of hydrogen-bond acceptors (Lipinski definition) is 4. The highest BCUT2D eigenvalue weighted by Gasteiger charge is 2.32. The van der Waals surface area contributed by atoms with E-state index in [4.69, 9.17) is 4.74 Å². The number of amides is 2. The normalized spacial score (nSPS) is 18.6. The Bertz CT molecular complexity index is 1070. The Morgan fingerprint density at radius 2 is 1.76 bits per heavy atom. The molecular weight excluding hydrogens is 430 g/mol. The lowest BCUT2D eigenvalue weighted by Gasteiger charge is -2.35. The van der Waals surface area contributed by atoms with Crippen molar-refractivity contribution in [1.29, 1.82) is 0 Å². The molecule has 8 heteroatoms. The summed E-state index contributed by atoms with van der Waals surface area (Å²) < 4.78 is 32.3. The van der Waals surface area contributed by atoms with E-state index in [0.717, 1.165) is 36.2 Å². The van der Waals surface area contributed by atoms with E-state index in [1.165, 1.54) is 4.90 Å². The monoisotopic (exact) mass is 456 g/mol. The summed E-state index contributed by atoms with van der Waals surface area (Å²) in [6, 6.07) is 10.6. The van der Waals surface area contributed by atoms with E-state index in [-0.39, 0.29) is 37.2 Å². The lowest BCUT2D eigenvalue weighted by molar-refractivity contribution is -0.153. The van der Waals surface area contributed by atoms with E-state index in [9.17, 15) is 23.2 Å². The van der Waals surface area contributed by atoms with Gasteiger partial charge in [0.25, 0.3) is 11.8 Å². The van der Waals surface area contributed by atoms with Crippen molar-refractivity contribution in [2.24, 2.45) is 5.92 Å². The number of anilines is 1. The van der Waals surface area contributed by atoms with Crippen LogP contribution in [0.1, 0.15) is 42.1 Å². The molecule has 0 aliphatic carbocycles. The van der Waals surface area contributed by atoms with Crippen LogP contribution >= 0.6 is 0 Å². The molecule has 1 unspecified atom stereocenters. The van der Waals surface area contributed by atoms with Crippen LogP contribution in [-0.4, -0.2) is 48.4 Å². The van der Waals surface area contributed by atoms with E-state index in [2.05, 4.69) is 0 Å². The standard InChI is InChI=1S/C25H26F2N2O4/c1-16-6-7-17-4-2-3-5-22(17)29(16)23(30)15-33-25(32)18-10-12-28(13-11-18)24(31)20-9-8-19(26)14-21(20)27/h2-5,8-9,14,16,18H,6-7,10-13,15H2,1H3. The number of carbonyl (C=O) groups excluding carboxylic acids is 3. The number of piperidine rings is 1. The Hall–Kier alpha value is -3.29. The van der Waals surface area contributed by atoms with E-state index in [1.54, 1.807) is 4.90 Å². The van der Waals surface area contributed by atoms with Crippen molar-refractivity contribution in [3.63, 3.8) is 0 Å². The zero-order valence-electron chi connectivity index (χ0n) is 18.4. The van der Waals surface area contributed by atoms with Crippen molar-refractivity contribution in [1.82, 2.24) is 4.90 Å². The minimum atomic E-state index is -0.909. The van der Waals surface area contributed by atoms with Crippen LogP contribution in [0.15, 0.2) is 42.5 Å². The fourth-order valence-corrected chi connectivity index (χ4v) is 4.54. The number of ether oxygens (including phenoxy) is 1. The van der Waals surface area contributed by atoms with Gasteiger partial charge in [-0.1, -0.05) is 18.2 Å². The summed E-state index contributed by atoms with van der Waals surface area (Å²) in [6.45, 7) is 2.14. The minimum Gasteiger partial charge on any atom is -0.455 e. The molecule has 2 aliphatic heterocycles. The van der Waals surface area contributed by atoms with E-state index in [0.29, 0.717) is 18.9 Å². The number of hydrogen-bond donors (Lipinski definition) is 0. The molecule has 1 fully saturated rings. The van der Waals surface area contributed by atoms with Gasteiger partial charge in [0.2, 0.25) is 0 Å². The van der Waals surface area contributed by atoms with Gasteiger partial charge >= 0.3 is 5.97 Å². The first-order valence-electron chi connectivity index (χ1n) is 11.2. The molecule has 1 atom stereocenters. The Labute approximate surface area is 191 Å². The van der Waals surface area contributed by atoms with Crippen molar-refractivity contribution in [3.05, 3.63) is 65.2 Å². The number of rotatable bonds is 4. The topological polar surface area (TPSA) is 66.9 Å². The number of halogens is 2. The lowest BCUT2D eigenvalue weighted by Crippen LogP contribution is -2.45. The van der Waals surface area contributed by atoms with Crippen molar-refractivity contribution >= 4 is 23.5 Å².